The highest BCUT2D eigenvalue weighted by molar-refractivity contribution is 6.00. The van der Waals surface area contributed by atoms with Crippen molar-refractivity contribution in [2.75, 3.05) is 4.90 Å². The van der Waals surface area contributed by atoms with Gasteiger partial charge in [-0.25, -0.2) is 0 Å². The van der Waals surface area contributed by atoms with Gasteiger partial charge >= 0.3 is 0 Å². The van der Waals surface area contributed by atoms with Crippen LogP contribution in [0.25, 0.3) is 66.4 Å². The van der Waals surface area contributed by atoms with Crippen molar-refractivity contribution in [3.63, 3.8) is 0 Å². The molecule has 1 atom stereocenters. The van der Waals surface area contributed by atoms with E-state index >= 15 is 0 Å². The van der Waals surface area contributed by atoms with E-state index in [0.717, 1.165) is 17.1 Å². The molecule has 0 radical (unpaired) electrons. The van der Waals surface area contributed by atoms with Crippen molar-refractivity contribution in [3.05, 3.63) is 259 Å². The molecule has 0 aromatic heterocycles. The predicted octanol–water partition coefficient (Wildman–Crippen LogP) is 16.3. The topological polar surface area (TPSA) is 3.24 Å². The molecule has 0 fully saturated rings. The van der Waals surface area contributed by atoms with Crippen molar-refractivity contribution in [3.8, 4) is 55.6 Å². The quantitative estimate of drug-likeness (QED) is 0.149. The minimum Gasteiger partial charge on any atom is -0.310 e. The average Bonchev–Trinajstić information content (AvgIpc) is 3.61. The van der Waals surface area contributed by atoms with Gasteiger partial charge < -0.3 is 4.90 Å². The van der Waals surface area contributed by atoms with E-state index in [0.29, 0.717) is 0 Å². The summed E-state index contributed by atoms with van der Waals surface area (Å²) in [4.78, 5) is 2.43. The molecule has 1 nitrogen and oxygen atoms in total. The average molecular weight is 778 g/mol. The summed E-state index contributed by atoms with van der Waals surface area (Å²) in [6.07, 6.45) is 0. The van der Waals surface area contributed by atoms with Crippen LogP contribution in [0.15, 0.2) is 243 Å². The van der Waals surface area contributed by atoms with Gasteiger partial charge in [0.25, 0.3) is 0 Å². The largest absolute Gasteiger partial charge is 0.310 e. The van der Waals surface area contributed by atoms with Gasteiger partial charge in [-0.2, -0.15) is 0 Å². The van der Waals surface area contributed by atoms with Gasteiger partial charge in [0.1, 0.15) is 0 Å². The number of fused-ring (bicyclic) bond motifs is 4. The van der Waals surface area contributed by atoms with Crippen LogP contribution in [0.3, 0.4) is 0 Å². The molecule has 1 aliphatic rings. The van der Waals surface area contributed by atoms with Crippen molar-refractivity contribution in [1.29, 1.82) is 0 Å². The molecule has 0 amide bonds. The number of hydrogen-bond acceptors (Lipinski definition) is 1. The van der Waals surface area contributed by atoms with Crippen molar-refractivity contribution in [2.24, 2.45) is 0 Å². The molecule has 10 aromatic rings. The van der Waals surface area contributed by atoms with Crippen LogP contribution in [0.1, 0.15) is 23.6 Å². The predicted molar refractivity (Wildman–Crippen MR) is 258 cm³/mol. The van der Waals surface area contributed by atoms with E-state index in [1.54, 1.807) is 0 Å². The normalized spacial score (nSPS) is 14.0. The fourth-order valence-electron chi connectivity index (χ4n) is 9.73. The Morgan fingerprint density at radius 3 is 1.48 bits per heavy atom. The molecule has 0 bridgehead atoms. The molecule has 11 rings (SSSR count). The van der Waals surface area contributed by atoms with Crippen molar-refractivity contribution in [1.82, 2.24) is 0 Å². The fraction of sp³-hybridized carbons (Fsp3) is 0.0333. The van der Waals surface area contributed by atoms with Crippen LogP contribution in [0, 0.1) is 0 Å². The third-order valence-corrected chi connectivity index (χ3v) is 12.8. The second-order valence-electron chi connectivity index (χ2n) is 16.2. The summed E-state index contributed by atoms with van der Waals surface area (Å²) in [5.74, 6) is 0. The zero-order valence-corrected chi connectivity index (χ0v) is 34.0. The first-order valence-corrected chi connectivity index (χ1v) is 21.2. The number of nitrogens with zero attached hydrogens (tertiary/aromatic N) is 1. The van der Waals surface area contributed by atoms with Crippen LogP contribution in [-0.4, -0.2) is 0 Å². The molecule has 1 aliphatic carbocycles. The highest BCUT2D eigenvalue weighted by Gasteiger charge is 2.41. The van der Waals surface area contributed by atoms with Crippen LogP contribution in [0.5, 0.6) is 0 Å². The van der Waals surface area contributed by atoms with Gasteiger partial charge in [0.05, 0.1) is 5.69 Å². The smallest absolute Gasteiger partial charge is 0.0540 e. The van der Waals surface area contributed by atoms with Crippen molar-refractivity contribution >= 4 is 27.8 Å². The third kappa shape index (κ3) is 6.26. The summed E-state index contributed by atoms with van der Waals surface area (Å²) < 4.78 is 0. The number of rotatable bonds is 8. The monoisotopic (exact) mass is 777 g/mol. The number of anilines is 3. The lowest BCUT2D eigenvalue weighted by Gasteiger charge is -2.30. The second-order valence-corrected chi connectivity index (χ2v) is 16.2. The van der Waals surface area contributed by atoms with Crippen LogP contribution < -0.4 is 4.90 Å². The van der Waals surface area contributed by atoms with Gasteiger partial charge in [-0.3, -0.25) is 0 Å². The summed E-state index contributed by atoms with van der Waals surface area (Å²) >= 11 is 0. The lowest BCUT2D eigenvalue weighted by atomic mass is 9.74. The number of para-hydroxylation sites is 1. The summed E-state index contributed by atoms with van der Waals surface area (Å²) in [6.45, 7) is 2.39. The summed E-state index contributed by atoms with van der Waals surface area (Å²) in [7, 11) is 0. The number of hydrogen-bond donors (Lipinski definition) is 0. The maximum absolute atomic E-state index is 2.43. The van der Waals surface area contributed by atoms with E-state index in [1.807, 2.05) is 0 Å². The molecular formula is C60H43N. The van der Waals surface area contributed by atoms with Crippen LogP contribution in [0.2, 0.25) is 0 Å². The zero-order valence-electron chi connectivity index (χ0n) is 34.0. The maximum Gasteiger partial charge on any atom is 0.0540 e. The third-order valence-electron chi connectivity index (χ3n) is 12.8. The first kappa shape index (κ1) is 36.3. The summed E-state index contributed by atoms with van der Waals surface area (Å²) in [5.41, 5.74) is 19.3. The van der Waals surface area contributed by atoms with Crippen molar-refractivity contribution in [2.45, 2.75) is 12.3 Å². The van der Waals surface area contributed by atoms with Crippen LogP contribution in [-0.2, 0) is 5.41 Å². The first-order chi connectivity index (χ1) is 30.1. The molecule has 1 heteroatoms. The SMILES string of the molecule is CC1(c2ccccc2)c2ccccc2-c2c(-c3ccccc3N(c3ccc(-c4ccc(-c5ccccc5)cc4)cc3)c3ccc(-c4cccc5ccccc45)cc3)cccc21. The molecule has 10 aromatic carbocycles. The Hall–Kier alpha value is -7.74. The minimum atomic E-state index is -0.287. The van der Waals surface area contributed by atoms with Gasteiger partial charge in [-0.15, -0.1) is 0 Å². The Bertz CT molecular complexity index is 3160. The number of benzene rings is 10. The van der Waals surface area contributed by atoms with Gasteiger partial charge in [0.2, 0.25) is 0 Å². The lowest BCUT2D eigenvalue weighted by molar-refractivity contribution is 0.714. The van der Waals surface area contributed by atoms with E-state index in [2.05, 4.69) is 254 Å². The molecule has 61 heavy (non-hydrogen) atoms. The standard InChI is InChI=1S/C60H43N/c1-60(48-20-6-3-7-21-48)56-27-12-10-24-55(56)59-54(26-15-28-57(59)60)53-23-11-13-29-58(53)61(50-40-36-47(37-41-50)52-25-14-19-46-18-8-9-22-51(46)52)49-38-34-45(35-39-49)44-32-30-43(31-33-44)42-16-4-2-5-17-42/h2-41H,1H3. The van der Waals surface area contributed by atoms with E-state index in [9.17, 15) is 0 Å². The molecule has 0 spiro atoms. The maximum atomic E-state index is 2.43. The van der Waals surface area contributed by atoms with Gasteiger partial charge in [-0.05, 0) is 115 Å². The Morgan fingerprint density at radius 1 is 0.311 bits per heavy atom. The van der Waals surface area contributed by atoms with Crippen molar-refractivity contribution < 1.29 is 0 Å². The minimum absolute atomic E-state index is 0.287. The van der Waals surface area contributed by atoms with Crippen LogP contribution in [0.4, 0.5) is 17.1 Å². The molecule has 0 aliphatic heterocycles. The first-order valence-electron chi connectivity index (χ1n) is 21.2. The summed E-state index contributed by atoms with van der Waals surface area (Å²) in [5, 5.41) is 2.50. The van der Waals surface area contributed by atoms with E-state index in [-0.39, 0.29) is 5.41 Å². The molecule has 0 N–H and O–H groups in total. The molecule has 288 valence electrons. The molecule has 0 heterocycles. The highest BCUT2D eigenvalue weighted by atomic mass is 15.1. The molecule has 1 unspecified atom stereocenters. The Labute approximate surface area is 358 Å². The molecule has 0 saturated carbocycles. The Kier molecular flexibility index (Phi) is 9.02. The second kappa shape index (κ2) is 15.1. The van der Waals surface area contributed by atoms with Gasteiger partial charge in [-0.1, -0.05) is 212 Å². The Morgan fingerprint density at radius 2 is 0.770 bits per heavy atom. The Balaban J connectivity index is 1.05. The lowest BCUT2D eigenvalue weighted by Crippen LogP contribution is -2.22. The fourth-order valence-corrected chi connectivity index (χ4v) is 9.73. The zero-order chi connectivity index (χ0) is 40.8. The van der Waals surface area contributed by atoms with Gasteiger partial charge in [0, 0.05) is 22.4 Å². The summed E-state index contributed by atoms with van der Waals surface area (Å²) in [6, 6.07) is 88.7. The van der Waals surface area contributed by atoms with E-state index in [4.69, 9.17) is 0 Å². The van der Waals surface area contributed by atoms with Gasteiger partial charge in [0.15, 0.2) is 0 Å². The molecule has 0 saturated heterocycles. The molecular weight excluding hydrogens is 735 g/mol. The van der Waals surface area contributed by atoms with E-state index in [1.165, 1.54) is 83.1 Å². The van der Waals surface area contributed by atoms with Crippen LogP contribution >= 0.6 is 0 Å². The highest BCUT2D eigenvalue weighted by Crippen LogP contribution is 2.56. The van der Waals surface area contributed by atoms with E-state index < -0.39 is 0 Å².